The summed E-state index contributed by atoms with van der Waals surface area (Å²) in [5.74, 6) is 0. The van der Waals surface area contributed by atoms with Crippen LogP contribution in [0.15, 0.2) is 17.0 Å². The monoisotopic (exact) mass is 170 g/mol. The number of rotatable bonds is 6. The number of likely N-dealkylation sites (N-methyl/N-ethyl adjacent to an activating group) is 1. The smallest absolute Gasteiger partial charge is 0.129 e. The SMILES string of the molecule is CCNCCOCc1cnoc1. The summed E-state index contributed by atoms with van der Waals surface area (Å²) in [6.45, 7) is 5.24. The molecular formula is C8H14N2O2. The molecule has 0 radical (unpaired) electrons. The number of hydrogen-bond acceptors (Lipinski definition) is 4. The largest absolute Gasteiger partial charge is 0.375 e. The van der Waals surface area contributed by atoms with Gasteiger partial charge in [0.1, 0.15) is 6.26 Å². The molecule has 68 valence electrons. The van der Waals surface area contributed by atoms with Gasteiger partial charge in [-0.25, -0.2) is 0 Å². The number of hydrogen-bond donors (Lipinski definition) is 1. The summed E-state index contributed by atoms with van der Waals surface area (Å²) >= 11 is 0. The lowest BCUT2D eigenvalue weighted by molar-refractivity contribution is 0.122. The summed E-state index contributed by atoms with van der Waals surface area (Å²) < 4.78 is 9.96. The third-order valence-electron chi connectivity index (χ3n) is 1.43. The van der Waals surface area contributed by atoms with Crippen molar-refractivity contribution in [3.63, 3.8) is 0 Å². The highest BCUT2D eigenvalue weighted by molar-refractivity contribution is 4.97. The fraction of sp³-hybridized carbons (Fsp3) is 0.625. The molecular weight excluding hydrogens is 156 g/mol. The fourth-order valence-electron chi connectivity index (χ4n) is 0.809. The fourth-order valence-corrected chi connectivity index (χ4v) is 0.809. The highest BCUT2D eigenvalue weighted by Crippen LogP contribution is 1.97. The van der Waals surface area contributed by atoms with Crippen molar-refractivity contribution in [3.05, 3.63) is 18.0 Å². The summed E-state index contributed by atoms with van der Waals surface area (Å²) in [6.07, 6.45) is 3.25. The first-order valence-corrected chi connectivity index (χ1v) is 4.10. The van der Waals surface area contributed by atoms with Gasteiger partial charge in [0.2, 0.25) is 0 Å². The van der Waals surface area contributed by atoms with Crippen molar-refractivity contribution < 1.29 is 9.26 Å². The van der Waals surface area contributed by atoms with E-state index in [2.05, 4.69) is 21.9 Å². The molecule has 1 N–H and O–H groups in total. The molecule has 0 aliphatic heterocycles. The maximum absolute atomic E-state index is 5.32. The maximum atomic E-state index is 5.32. The summed E-state index contributed by atoms with van der Waals surface area (Å²) in [4.78, 5) is 0. The Hall–Kier alpha value is -0.870. The Morgan fingerprint density at radius 3 is 3.25 bits per heavy atom. The molecule has 0 unspecified atom stereocenters. The van der Waals surface area contributed by atoms with E-state index in [4.69, 9.17) is 4.74 Å². The van der Waals surface area contributed by atoms with Crippen LogP contribution in [0.2, 0.25) is 0 Å². The van der Waals surface area contributed by atoms with E-state index >= 15 is 0 Å². The van der Waals surface area contributed by atoms with E-state index < -0.39 is 0 Å². The van der Waals surface area contributed by atoms with Gasteiger partial charge in [-0.3, -0.25) is 0 Å². The van der Waals surface area contributed by atoms with E-state index in [1.165, 1.54) is 0 Å². The molecule has 1 aromatic heterocycles. The second-order valence-corrected chi connectivity index (χ2v) is 2.44. The summed E-state index contributed by atoms with van der Waals surface area (Å²) in [7, 11) is 0. The topological polar surface area (TPSA) is 47.3 Å². The normalized spacial score (nSPS) is 10.4. The number of nitrogens with zero attached hydrogens (tertiary/aromatic N) is 1. The predicted molar refractivity (Wildman–Crippen MR) is 44.7 cm³/mol. The van der Waals surface area contributed by atoms with Gasteiger partial charge in [-0.2, -0.15) is 0 Å². The molecule has 0 spiro atoms. The molecule has 12 heavy (non-hydrogen) atoms. The lowest BCUT2D eigenvalue weighted by Gasteiger charge is -2.01. The Bertz CT molecular complexity index is 187. The molecule has 0 saturated carbocycles. The van der Waals surface area contributed by atoms with Crippen LogP contribution in [0.5, 0.6) is 0 Å². The first kappa shape index (κ1) is 9.22. The molecule has 1 rings (SSSR count). The summed E-state index contributed by atoms with van der Waals surface area (Å²) in [6, 6.07) is 0. The maximum Gasteiger partial charge on any atom is 0.129 e. The van der Waals surface area contributed by atoms with Crippen molar-refractivity contribution >= 4 is 0 Å². The highest BCUT2D eigenvalue weighted by atomic mass is 16.5. The van der Waals surface area contributed by atoms with Gasteiger partial charge in [0.25, 0.3) is 0 Å². The van der Waals surface area contributed by atoms with E-state index in [9.17, 15) is 0 Å². The van der Waals surface area contributed by atoms with Gasteiger partial charge in [0.05, 0.1) is 19.4 Å². The van der Waals surface area contributed by atoms with Crippen molar-refractivity contribution in [3.8, 4) is 0 Å². The zero-order chi connectivity index (χ0) is 8.65. The average molecular weight is 170 g/mol. The molecule has 0 aliphatic rings. The zero-order valence-electron chi connectivity index (χ0n) is 7.25. The summed E-state index contributed by atoms with van der Waals surface area (Å²) in [5.41, 5.74) is 0.978. The van der Waals surface area contributed by atoms with Crippen LogP contribution in [0.3, 0.4) is 0 Å². The third-order valence-corrected chi connectivity index (χ3v) is 1.43. The van der Waals surface area contributed by atoms with E-state index in [0.29, 0.717) is 6.61 Å². The Balaban J connectivity index is 1.96. The van der Waals surface area contributed by atoms with Crippen LogP contribution in [-0.2, 0) is 11.3 Å². The Kier molecular flexibility index (Phi) is 4.41. The molecule has 1 aromatic rings. The van der Waals surface area contributed by atoms with E-state index in [0.717, 1.165) is 25.3 Å². The minimum Gasteiger partial charge on any atom is -0.375 e. The van der Waals surface area contributed by atoms with Crippen LogP contribution in [0, 0.1) is 0 Å². The van der Waals surface area contributed by atoms with Crippen molar-refractivity contribution in [2.24, 2.45) is 0 Å². The second kappa shape index (κ2) is 5.74. The van der Waals surface area contributed by atoms with Crippen LogP contribution in [0.1, 0.15) is 12.5 Å². The van der Waals surface area contributed by atoms with Crippen LogP contribution >= 0.6 is 0 Å². The molecule has 4 nitrogen and oxygen atoms in total. The third kappa shape index (κ3) is 3.50. The van der Waals surface area contributed by atoms with Crippen LogP contribution in [-0.4, -0.2) is 24.9 Å². The van der Waals surface area contributed by atoms with Gasteiger partial charge in [-0.05, 0) is 6.54 Å². The predicted octanol–water partition coefficient (Wildman–Crippen LogP) is 0.801. The number of nitrogens with one attached hydrogen (secondary N) is 1. The molecule has 0 aromatic carbocycles. The van der Waals surface area contributed by atoms with Crippen molar-refractivity contribution in [2.45, 2.75) is 13.5 Å². The van der Waals surface area contributed by atoms with E-state index in [-0.39, 0.29) is 0 Å². The molecule has 0 saturated heterocycles. The Morgan fingerprint density at radius 1 is 1.67 bits per heavy atom. The minimum atomic E-state index is 0.578. The second-order valence-electron chi connectivity index (χ2n) is 2.44. The van der Waals surface area contributed by atoms with Crippen molar-refractivity contribution in [2.75, 3.05) is 19.7 Å². The zero-order valence-corrected chi connectivity index (χ0v) is 7.25. The summed E-state index contributed by atoms with van der Waals surface area (Å²) in [5, 5.41) is 6.73. The lowest BCUT2D eigenvalue weighted by Crippen LogP contribution is -2.18. The number of ether oxygens (including phenoxy) is 1. The molecule has 4 heteroatoms. The highest BCUT2D eigenvalue weighted by Gasteiger charge is 1.94. The Morgan fingerprint density at radius 2 is 2.58 bits per heavy atom. The molecule has 0 amide bonds. The molecule has 0 atom stereocenters. The van der Waals surface area contributed by atoms with Gasteiger partial charge in [-0.15, -0.1) is 0 Å². The van der Waals surface area contributed by atoms with Crippen molar-refractivity contribution in [1.29, 1.82) is 0 Å². The van der Waals surface area contributed by atoms with E-state index in [1.807, 2.05) is 0 Å². The van der Waals surface area contributed by atoms with Gasteiger partial charge >= 0.3 is 0 Å². The van der Waals surface area contributed by atoms with Crippen LogP contribution in [0.25, 0.3) is 0 Å². The first-order chi connectivity index (χ1) is 5.93. The molecule has 1 heterocycles. The Labute approximate surface area is 71.9 Å². The van der Waals surface area contributed by atoms with Crippen LogP contribution in [0.4, 0.5) is 0 Å². The van der Waals surface area contributed by atoms with Gasteiger partial charge in [0.15, 0.2) is 0 Å². The van der Waals surface area contributed by atoms with Crippen LogP contribution < -0.4 is 5.32 Å². The molecule has 0 aliphatic carbocycles. The average Bonchev–Trinajstić information content (AvgIpc) is 2.57. The molecule has 0 bridgehead atoms. The molecule has 0 fully saturated rings. The quantitative estimate of drug-likeness (QED) is 0.641. The van der Waals surface area contributed by atoms with E-state index in [1.54, 1.807) is 12.5 Å². The lowest BCUT2D eigenvalue weighted by atomic mass is 10.4. The van der Waals surface area contributed by atoms with Gasteiger partial charge < -0.3 is 14.6 Å². The first-order valence-electron chi connectivity index (χ1n) is 4.10. The van der Waals surface area contributed by atoms with Gasteiger partial charge in [-0.1, -0.05) is 12.1 Å². The standard InChI is InChI=1S/C8H14N2O2/c1-2-9-3-4-11-6-8-5-10-12-7-8/h5,7,9H,2-4,6H2,1H3. The van der Waals surface area contributed by atoms with Gasteiger partial charge in [0, 0.05) is 12.1 Å². The number of aromatic nitrogens is 1. The van der Waals surface area contributed by atoms with Crippen molar-refractivity contribution in [1.82, 2.24) is 10.5 Å². The minimum absolute atomic E-state index is 0.578.